The molecule has 2 amide bonds. The van der Waals surface area contributed by atoms with E-state index in [2.05, 4.69) is 0 Å². The number of benzene rings is 2. The Labute approximate surface area is 195 Å². The Morgan fingerprint density at radius 2 is 1.73 bits per heavy atom. The van der Waals surface area contributed by atoms with Crippen LogP contribution in [0.4, 0.5) is 0 Å². The molecular formula is C28H33NO4. The van der Waals surface area contributed by atoms with Crippen LogP contribution in [0.3, 0.4) is 0 Å². The van der Waals surface area contributed by atoms with E-state index in [0.29, 0.717) is 11.8 Å². The summed E-state index contributed by atoms with van der Waals surface area (Å²) in [5.41, 5.74) is -0.121. The Hall–Kier alpha value is -2.69. The molecule has 2 unspecified atom stereocenters. The number of fused-ring (bicyclic) bond motifs is 2. The van der Waals surface area contributed by atoms with Gasteiger partial charge in [0.2, 0.25) is 11.8 Å². The van der Waals surface area contributed by atoms with E-state index < -0.39 is 5.41 Å². The van der Waals surface area contributed by atoms with Crippen LogP contribution in [0.1, 0.15) is 63.9 Å². The first kappa shape index (κ1) is 22.1. The Bertz CT molecular complexity index is 1110. The molecule has 174 valence electrons. The van der Waals surface area contributed by atoms with Crippen LogP contribution >= 0.6 is 0 Å². The SMILES string of the molecule is COc1ccc2cc(C3(C)CC(=O)N(CC(=O)C4CCC[C@@H]5CCCC[C@H]45)C3=O)ccc2c1. The number of carbonyl (C=O) groups is 3. The number of likely N-dealkylation sites (tertiary alicyclic amines) is 1. The minimum atomic E-state index is -0.939. The zero-order valence-electron chi connectivity index (χ0n) is 19.6. The number of methoxy groups -OCH3 is 1. The van der Waals surface area contributed by atoms with Gasteiger partial charge in [0.1, 0.15) is 5.75 Å². The topological polar surface area (TPSA) is 63.7 Å². The lowest BCUT2D eigenvalue weighted by Gasteiger charge is -2.41. The van der Waals surface area contributed by atoms with Gasteiger partial charge in [0, 0.05) is 12.3 Å². The van der Waals surface area contributed by atoms with E-state index in [1.165, 1.54) is 30.6 Å². The summed E-state index contributed by atoms with van der Waals surface area (Å²) in [4.78, 5) is 41.0. The largest absolute Gasteiger partial charge is 0.497 e. The van der Waals surface area contributed by atoms with Crippen LogP contribution in [-0.4, -0.2) is 36.2 Å². The van der Waals surface area contributed by atoms with Crippen LogP contribution in [0.25, 0.3) is 10.8 Å². The smallest absolute Gasteiger partial charge is 0.240 e. The van der Waals surface area contributed by atoms with Crippen molar-refractivity contribution in [2.24, 2.45) is 17.8 Å². The van der Waals surface area contributed by atoms with Crippen molar-refractivity contribution < 1.29 is 19.1 Å². The summed E-state index contributed by atoms with van der Waals surface area (Å²) in [5, 5.41) is 2.01. The summed E-state index contributed by atoms with van der Waals surface area (Å²) >= 11 is 0. The van der Waals surface area contributed by atoms with Gasteiger partial charge in [-0.25, -0.2) is 0 Å². The highest BCUT2D eigenvalue weighted by molar-refractivity contribution is 6.11. The third-order valence-corrected chi connectivity index (χ3v) is 8.51. The molecule has 1 saturated heterocycles. The predicted octanol–water partition coefficient (Wildman–Crippen LogP) is 5.04. The van der Waals surface area contributed by atoms with Gasteiger partial charge < -0.3 is 4.74 Å². The molecule has 0 spiro atoms. The van der Waals surface area contributed by atoms with Crippen LogP contribution in [0.2, 0.25) is 0 Å². The zero-order chi connectivity index (χ0) is 23.2. The van der Waals surface area contributed by atoms with Gasteiger partial charge in [-0.2, -0.15) is 0 Å². The van der Waals surface area contributed by atoms with Crippen LogP contribution in [0.5, 0.6) is 5.75 Å². The molecule has 0 bridgehead atoms. The third kappa shape index (κ3) is 3.85. The minimum absolute atomic E-state index is 0.00663. The van der Waals surface area contributed by atoms with E-state index in [9.17, 15) is 14.4 Å². The second-order valence-corrected chi connectivity index (χ2v) is 10.4. The number of rotatable bonds is 5. The average Bonchev–Trinajstić information content (AvgIpc) is 3.06. The molecule has 5 heteroatoms. The number of hydrogen-bond donors (Lipinski definition) is 0. The van der Waals surface area contributed by atoms with Crippen molar-refractivity contribution in [2.75, 3.05) is 13.7 Å². The summed E-state index contributed by atoms with van der Waals surface area (Å²) in [6.07, 6.45) is 8.12. The molecule has 5 nitrogen and oxygen atoms in total. The Kier molecular flexibility index (Phi) is 5.75. The van der Waals surface area contributed by atoms with Gasteiger partial charge in [-0.1, -0.05) is 56.4 Å². The fourth-order valence-electron chi connectivity index (χ4n) is 6.58. The Morgan fingerprint density at radius 3 is 2.55 bits per heavy atom. The molecule has 2 aromatic rings. The van der Waals surface area contributed by atoms with Gasteiger partial charge in [-0.05, 0) is 60.1 Å². The van der Waals surface area contributed by atoms with Gasteiger partial charge in [-0.3, -0.25) is 19.3 Å². The van der Waals surface area contributed by atoms with Crippen molar-refractivity contribution in [1.82, 2.24) is 4.90 Å². The zero-order valence-corrected chi connectivity index (χ0v) is 19.6. The fourth-order valence-corrected chi connectivity index (χ4v) is 6.58. The van der Waals surface area contributed by atoms with Crippen LogP contribution in [0.15, 0.2) is 36.4 Å². The first-order valence-corrected chi connectivity index (χ1v) is 12.4. The van der Waals surface area contributed by atoms with Crippen molar-refractivity contribution in [3.05, 3.63) is 42.0 Å². The van der Waals surface area contributed by atoms with Crippen molar-refractivity contribution >= 4 is 28.4 Å². The molecule has 2 aromatic carbocycles. The van der Waals surface area contributed by atoms with Crippen LogP contribution in [0, 0.1) is 17.8 Å². The summed E-state index contributed by atoms with van der Waals surface area (Å²) in [6, 6.07) is 11.7. The minimum Gasteiger partial charge on any atom is -0.497 e. The normalized spacial score (nSPS) is 29.9. The molecule has 0 aromatic heterocycles. The van der Waals surface area contributed by atoms with Crippen molar-refractivity contribution in [2.45, 2.75) is 63.7 Å². The van der Waals surface area contributed by atoms with Gasteiger partial charge in [-0.15, -0.1) is 0 Å². The van der Waals surface area contributed by atoms with Crippen molar-refractivity contribution in [3.63, 3.8) is 0 Å². The summed E-state index contributed by atoms with van der Waals surface area (Å²) in [7, 11) is 1.64. The number of Topliss-reactive ketones (excluding diaryl/α,β-unsaturated/α-hetero) is 1. The number of imide groups is 1. The first-order chi connectivity index (χ1) is 15.9. The second kappa shape index (κ2) is 8.58. The molecule has 1 heterocycles. The fraction of sp³-hybridized carbons (Fsp3) is 0.536. The van der Waals surface area contributed by atoms with E-state index in [-0.39, 0.29) is 36.5 Å². The third-order valence-electron chi connectivity index (χ3n) is 8.51. The van der Waals surface area contributed by atoms with Crippen LogP contribution < -0.4 is 4.74 Å². The standard InChI is InChI=1S/C28H33NO4/c1-28(21-12-10-20-15-22(33-2)13-11-19(20)14-21)16-26(31)29(27(28)32)17-25(30)24-9-5-7-18-6-3-4-8-23(18)24/h10-15,18,23-24H,3-9,16-17H2,1-2H3/t18-,23-,24?,28?/m0/s1. The van der Waals surface area contributed by atoms with Gasteiger partial charge in [0.25, 0.3) is 0 Å². The van der Waals surface area contributed by atoms with E-state index in [4.69, 9.17) is 4.74 Å². The lowest BCUT2D eigenvalue weighted by atomic mass is 9.64. The highest BCUT2D eigenvalue weighted by Crippen LogP contribution is 2.45. The lowest BCUT2D eigenvalue weighted by Crippen LogP contribution is -2.44. The molecule has 0 N–H and O–H groups in total. The monoisotopic (exact) mass is 447 g/mol. The maximum Gasteiger partial charge on any atom is 0.240 e. The van der Waals surface area contributed by atoms with Gasteiger partial charge in [0.15, 0.2) is 5.78 Å². The maximum atomic E-state index is 13.5. The highest BCUT2D eigenvalue weighted by atomic mass is 16.5. The Morgan fingerprint density at radius 1 is 1.00 bits per heavy atom. The quantitative estimate of drug-likeness (QED) is 0.603. The van der Waals surface area contributed by atoms with E-state index in [1.807, 2.05) is 43.3 Å². The number of amides is 2. The average molecular weight is 448 g/mol. The molecule has 2 aliphatic carbocycles. The maximum absolute atomic E-state index is 13.5. The van der Waals surface area contributed by atoms with Gasteiger partial charge in [0.05, 0.1) is 19.1 Å². The number of hydrogen-bond acceptors (Lipinski definition) is 4. The summed E-state index contributed by atoms with van der Waals surface area (Å²) < 4.78 is 5.30. The number of ether oxygens (including phenoxy) is 1. The number of nitrogens with zero attached hydrogens (tertiary/aromatic N) is 1. The number of ketones is 1. The molecule has 5 rings (SSSR count). The molecule has 3 fully saturated rings. The number of carbonyl (C=O) groups excluding carboxylic acids is 3. The Balaban J connectivity index is 1.36. The first-order valence-electron chi connectivity index (χ1n) is 12.4. The predicted molar refractivity (Wildman–Crippen MR) is 127 cm³/mol. The summed E-state index contributed by atoms with van der Waals surface area (Å²) in [6.45, 7) is 1.77. The lowest BCUT2D eigenvalue weighted by molar-refractivity contribution is -0.145. The molecule has 33 heavy (non-hydrogen) atoms. The summed E-state index contributed by atoms with van der Waals surface area (Å²) in [5.74, 6) is 1.48. The molecular weight excluding hydrogens is 414 g/mol. The molecule has 4 atom stereocenters. The van der Waals surface area contributed by atoms with E-state index in [0.717, 1.165) is 41.3 Å². The molecule has 2 saturated carbocycles. The second-order valence-electron chi connectivity index (χ2n) is 10.4. The molecule has 1 aliphatic heterocycles. The molecule has 0 radical (unpaired) electrons. The highest BCUT2D eigenvalue weighted by Gasteiger charge is 2.50. The van der Waals surface area contributed by atoms with E-state index >= 15 is 0 Å². The van der Waals surface area contributed by atoms with Crippen molar-refractivity contribution in [1.29, 1.82) is 0 Å². The van der Waals surface area contributed by atoms with Crippen LogP contribution in [-0.2, 0) is 19.8 Å². The van der Waals surface area contributed by atoms with Gasteiger partial charge >= 0.3 is 0 Å². The van der Waals surface area contributed by atoms with Crippen molar-refractivity contribution in [3.8, 4) is 5.75 Å². The van der Waals surface area contributed by atoms with E-state index in [1.54, 1.807) is 7.11 Å². The molecule has 3 aliphatic rings.